The Morgan fingerprint density at radius 3 is 1.05 bits per heavy atom. The summed E-state index contributed by atoms with van der Waals surface area (Å²) in [6.45, 7) is 6.40. The van der Waals surface area contributed by atoms with Crippen LogP contribution in [0.25, 0.3) is 0 Å². The molecule has 0 aliphatic carbocycles. The molecule has 0 atom stereocenters. The van der Waals surface area contributed by atoms with Gasteiger partial charge in [0.25, 0.3) is 0 Å². The molecule has 0 rings (SSSR count). The van der Waals surface area contributed by atoms with Crippen LogP contribution < -0.4 is 32.7 Å². The van der Waals surface area contributed by atoms with Gasteiger partial charge in [-0.15, -0.1) is 0 Å². The normalized spacial score (nSPS) is 10.6. The number of nitrogens with one attached hydrogen (secondary N) is 4. The summed E-state index contributed by atoms with van der Waals surface area (Å²) in [6.07, 6.45) is 0.759. The summed E-state index contributed by atoms with van der Waals surface area (Å²) in [6, 6.07) is 0. The predicted octanol–water partition coefficient (Wildman–Crippen LogP) is -2.90. The lowest BCUT2D eigenvalue weighted by Gasteiger charge is -2.08. The van der Waals surface area contributed by atoms with Gasteiger partial charge in [-0.05, 0) is 0 Å². The molecule has 0 aromatic carbocycles. The number of rotatable bonds is 15. The molecule has 0 fully saturated rings. The van der Waals surface area contributed by atoms with Gasteiger partial charge in [0.15, 0.2) is 0 Å². The molecule has 0 saturated carbocycles. The Balaban J connectivity index is 2.99. The fourth-order valence-corrected chi connectivity index (χ4v) is 1.45. The van der Waals surface area contributed by atoms with Crippen molar-refractivity contribution in [3.05, 3.63) is 0 Å². The fourth-order valence-electron chi connectivity index (χ4n) is 1.45. The predicted molar refractivity (Wildman–Crippen MR) is 79.1 cm³/mol. The molecule has 118 valence electrons. The maximum absolute atomic E-state index is 10.5. The van der Waals surface area contributed by atoms with Gasteiger partial charge in [0.2, 0.25) is 11.8 Å². The number of amides is 2. The second-order valence-electron chi connectivity index (χ2n) is 4.43. The molecule has 0 radical (unpaired) electrons. The van der Waals surface area contributed by atoms with Crippen molar-refractivity contribution in [1.82, 2.24) is 21.3 Å². The third kappa shape index (κ3) is 16.8. The van der Waals surface area contributed by atoms with Gasteiger partial charge in [0, 0.05) is 65.2 Å². The first-order valence-electron chi connectivity index (χ1n) is 7.02. The highest BCUT2D eigenvalue weighted by Crippen LogP contribution is 1.72. The van der Waals surface area contributed by atoms with Crippen LogP contribution in [0.3, 0.4) is 0 Å². The number of primary amides is 2. The molecule has 0 heterocycles. The topological polar surface area (TPSA) is 134 Å². The molecule has 8 heteroatoms. The zero-order chi connectivity index (χ0) is 15.1. The van der Waals surface area contributed by atoms with Gasteiger partial charge in [-0.3, -0.25) is 9.59 Å². The molecule has 0 aliphatic heterocycles. The lowest BCUT2D eigenvalue weighted by molar-refractivity contribution is -0.118. The SMILES string of the molecule is NC(=O)CCNCCNCCNCCNCCC(N)=O. The van der Waals surface area contributed by atoms with E-state index in [1.165, 1.54) is 0 Å². The van der Waals surface area contributed by atoms with Crippen LogP contribution in [0, 0.1) is 0 Å². The van der Waals surface area contributed by atoms with Crippen molar-refractivity contribution in [2.45, 2.75) is 12.8 Å². The van der Waals surface area contributed by atoms with Crippen molar-refractivity contribution >= 4 is 11.8 Å². The Kier molecular flexibility index (Phi) is 13.3. The van der Waals surface area contributed by atoms with Crippen molar-refractivity contribution in [1.29, 1.82) is 0 Å². The lowest BCUT2D eigenvalue weighted by Crippen LogP contribution is -2.36. The monoisotopic (exact) mass is 288 g/mol. The summed E-state index contributed by atoms with van der Waals surface area (Å²) in [7, 11) is 0. The molecule has 0 aromatic heterocycles. The van der Waals surface area contributed by atoms with Crippen LogP contribution in [0.1, 0.15) is 12.8 Å². The summed E-state index contributed by atoms with van der Waals surface area (Å²) in [5, 5.41) is 12.8. The highest BCUT2D eigenvalue weighted by molar-refractivity contribution is 5.74. The van der Waals surface area contributed by atoms with E-state index in [0.29, 0.717) is 25.9 Å². The van der Waals surface area contributed by atoms with Crippen molar-refractivity contribution in [3.8, 4) is 0 Å². The smallest absolute Gasteiger partial charge is 0.218 e. The number of carbonyl (C=O) groups is 2. The van der Waals surface area contributed by atoms with E-state index < -0.39 is 0 Å². The maximum atomic E-state index is 10.5. The number of hydrogen-bond donors (Lipinski definition) is 6. The van der Waals surface area contributed by atoms with Crippen LogP contribution >= 0.6 is 0 Å². The van der Waals surface area contributed by atoms with E-state index in [0.717, 1.165) is 39.3 Å². The van der Waals surface area contributed by atoms with Crippen LogP contribution in [-0.4, -0.2) is 64.2 Å². The minimum atomic E-state index is -0.279. The van der Waals surface area contributed by atoms with E-state index in [2.05, 4.69) is 21.3 Å². The fraction of sp³-hybridized carbons (Fsp3) is 0.833. The summed E-state index contributed by atoms with van der Waals surface area (Å²) in [5.74, 6) is -0.557. The van der Waals surface area contributed by atoms with Gasteiger partial charge >= 0.3 is 0 Å². The summed E-state index contributed by atoms with van der Waals surface area (Å²) in [5.41, 5.74) is 10.0. The molecule has 8 N–H and O–H groups in total. The summed E-state index contributed by atoms with van der Waals surface area (Å²) < 4.78 is 0. The van der Waals surface area contributed by atoms with Gasteiger partial charge in [0.1, 0.15) is 0 Å². The Hall–Kier alpha value is -1.22. The van der Waals surface area contributed by atoms with E-state index in [1.54, 1.807) is 0 Å². The van der Waals surface area contributed by atoms with Gasteiger partial charge in [-0.25, -0.2) is 0 Å². The highest BCUT2D eigenvalue weighted by atomic mass is 16.1. The van der Waals surface area contributed by atoms with Gasteiger partial charge in [-0.2, -0.15) is 0 Å². The van der Waals surface area contributed by atoms with Crippen molar-refractivity contribution in [2.24, 2.45) is 11.5 Å². The first-order chi connectivity index (χ1) is 9.63. The van der Waals surface area contributed by atoms with E-state index in [9.17, 15) is 9.59 Å². The van der Waals surface area contributed by atoms with Crippen molar-refractivity contribution in [2.75, 3.05) is 52.4 Å². The van der Waals surface area contributed by atoms with Crippen molar-refractivity contribution < 1.29 is 9.59 Å². The second-order valence-corrected chi connectivity index (χ2v) is 4.43. The van der Waals surface area contributed by atoms with Crippen molar-refractivity contribution in [3.63, 3.8) is 0 Å². The van der Waals surface area contributed by atoms with Crippen LogP contribution in [0.4, 0.5) is 0 Å². The second kappa shape index (κ2) is 14.2. The molecule has 0 aromatic rings. The molecule has 20 heavy (non-hydrogen) atoms. The van der Waals surface area contributed by atoms with Crippen LogP contribution in [0.15, 0.2) is 0 Å². The van der Waals surface area contributed by atoms with E-state index in [4.69, 9.17) is 11.5 Å². The standard InChI is InChI=1S/C12H28N6O2/c13-11(19)1-3-15-5-7-17-9-10-18-8-6-16-4-2-12(14)20/h15-18H,1-10H2,(H2,13,19)(H2,14,20). The third-order valence-corrected chi connectivity index (χ3v) is 2.53. The van der Waals surface area contributed by atoms with Crippen LogP contribution in [0.2, 0.25) is 0 Å². The lowest BCUT2D eigenvalue weighted by atomic mass is 10.4. The summed E-state index contributed by atoms with van der Waals surface area (Å²) in [4.78, 5) is 20.9. The van der Waals surface area contributed by atoms with Crippen LogP contribution in [0.5, 0.6) is 0 Å². The molecule has 0 saturated heterocycles. The first kappa shape index (κ1) is 18.8. The quantitative estimate of drug-likeness (QED) is 0.179. The number of hydrogen-bond acceptors (Lipinski definition) is 6. The van der Waals surface area contributed by atoms with E-state index in [1.807, 2.05) is 0 Å². The summed E-state index contributed by atoms with van der Waals surface area (Å²) >= 11 is 0. The average Bonchev–Trinajstić information content (AvgIpc) is 2.38. The minimum Gasteiger partial charge on any atom is -0.370 e. The number of carbonyl (C=O) groups excluding carboxylic acids is 2. The van der Waals surface area contributed by atoms with Gasteiger partial charge in [0.05, 0.1) is 0 Å². The zero-order valence-electron chi connectivity index (χ0n) is 12.0. The number of nitrogens with two attached hydrogens (primary N) is 2. The molecule has 0 bridgehead atoms. The molecule has 0 aliphatic rings. The molecular formula is C12H28N6O2. The first-order valence-corrected chi connectivity index (χ1v) is 7.02. The Morgan fingerprint density at radius 1 is 0.550 bits per heavy atom. The highest BCUT2D eigenvalue weighted by Gasteiger charge is 1.94. The Bertz CT molecular complexity index is 236. The minimum absolute atomic E-state index is 0.279. The van der Waals surface area contributed by atoms with E-state index in [-0.39, 0.29) is 11.8 Å². The Labute approximate surface area is 120 Å². The van der Waals surface area contributed by atoms with E-state index >= 15 is 0 Å². The third-order valence-electron chi connectivity index (χ3n) is 2.53. The largest absolute Gasteiger partial charge is 0.370 e. The average molecular weight is 288 g/mol. The zero-order valence-corrected chi connectivity index (χ0v) is 12.0. The maximum Gasteiger partial charge on any atom is 0.218 e. The Morgan fingerprint density at radius 2 is 0.800 bits per heavy atom. The van der Waals surface area contributed by atoms with Crippen LogP contribution in [-0.2, 0) is 9.59 Å². The molecule has 0 spiro atoms. The molecule has 2 amide bonds. The molecular weight excluding hydrogens is 260 g/mol. The molecule has 0 unspecified atom stereocenters. The van der Waals surface area contributed by atoms with Gasteiger partial charge in [-0.1, -0.05) is 0 Å². The van der Waals surface area contributed by atoms with Gasteiger partial charge < -0.3 is 32.7 Å². The molecule has 8 nitrogen and oxygen atoms in total.